The predicted molar refractivity (Wildman–Crippen MR) is 75.1 cm³/mol. The number of hydrogen-bond acceptors (Lipinski definition) is 4. The van der Waals surface area contributed by atoms with Crippen LogP contribution in [0.5, 0.6) is 0 Å². The Labute approximate surface area is 123 Å². The fourth-order valence-electron chi connectivity index (χ4n) is 3.40. The number of sulfonamides is 1. The molecule has 114 valence electrons. The van der Waals surface area contributed by atoms with Crippen molar-refractivity contribution in [2.24, 2.45) is 5.41 Å². The standard InChI is InChI=1S/C13H18N4O3S/c18-12(11-3-5-14-15-11)16-7-13(8-16)4-6-17(9-13)21(19,20)10-1-2-10/h3,5,10H,1-2,4,6-9H2,(H,14,15). The Hall–Kier alpha value is -1.41. The zero-order valence-electron chi connectivity index (χ0n) is 11.7. The summed E-state index contributed by atoms with van der Waals surface area (Å²) in [6.45, 7) is 2.45. The summed E-state index contributed by atoms with van der Waals surface area (Å²) in [5.41, 5.74) is 0.461. The highest BCUT2D eigenvalue weighted by Crippen LogP contribution is 2.43. The van der Waals surface area contributed by atoms with Crippen LogP contribution in [-0.2, 0) is 10.0 Å². The molecule has 0 radical (unpaired) electrons. The lowest BCUT2D eigenvalue weighted by Gasteiger charge is -2.47. The first-order chi connectivity index (χ1) is 10.0. The van der Waals surface area contributed by atoms with E-state index in [9.17, 15) is 13.2 Å². The van der Waals surface area contributed by atoms with E-state index in [4.69, 9.17) is 0 Å². The fourth-order valence-corrected chi connectivity index (χ4v) is 5.35. The van der Waals surface area contributed by atoms with Gasteiger partial charge < -0.3 is 4.90 Å². The number of aromatic amines is 1. The molecule has 1 N–H and O–H groups in total. The van der Waals surface area contributed by atoms with Gasteiger partial charge in [-0.1, -0.05) is 0 Å². The van der Waals surface area contributed by atoms with Crippen LogP contribution >= 0.6 is 0 Å². The Balaban J connectivity index is 1.40. The average Bonchev–Trinajstić information content (AvgIpc) is 2.98. The first kappa shape index (κ1) is 13.3. The number of likely N-dealkylation sites (tertiary alicyclic amines) is 1. The molecule has 3 fully saturated rings. The molecule has 2 saturated heterocycles. The number of aromatic nitrogens is 2. The molecular weight excluding hydrogens is 292 g/mol. The Morgan fingerprint density at radius 2 is 2.10 bits per heavy atom. The normalized spacial score (nSPS) is 25.2. The molecule has 1 aromatic heterocycles. The molecule has 1 amide bonds. The van der Waals surface area contributed by atoms with E-state index in [0.29, 0.717) is 31.9 Å². The van der Waals surface area contributed by atoms with Crippen molar-refractivity contribution in [2.45, 2.75) is 24.5 Å². The van der Waals surface area contributed by atoms with E-state index in [-0.39, 0.29) is 16.6 Å². The lowest BCUT2D eigenvalue weighted by molar-refractivity contribution is 0.0131. The summed E-state index contributed by atoms with van der Waals surface area (Å²) < 4.78 is 26.2. The Kier molecular flexibility index (Phi) is 2.71. The molecule has 1 spiro atoms. The first-order valence-corrected chi connectivity index (χ1v) is 8.78. The third-order valence-corrected chi connectivity index (χ3v) is 7.13. The van der Waals surface area contributed by atoms with Crippen molar-refractivity contribution in [2.75, 3.05) is 26.2 Å². The third kappa shape index (κ3) is 2.08. The second-order valence-corrected chi connectivity index (χ2v) is 8.67. The highest BCUT2D eigenvalue weighted by atomic mass is 32.2. The van der Waals surface area contributed by atoms with Crippen LogP contribution in [0.15, 0.2) is 12.3 Å². The van der Waals surface area contributed by atoms with Gasteiger partial charge >= 0.3 is 0 Å². The number of H-pyrrole nitrogens is 1. The van der Waals surface area contributed by atoms with Crippen LogP contribution in [-0.4, -0.2) is 65.2 Å². The lowest BCUT2D eigenvalue weighted by Crippen LogP contribution is -2.59. The van der Waals surface area contributed by atoms with Crippen molar-refractivity contribution in [1.29, 1.82) is 0 Å². The third-order valence-electron chi connectivity index (χ3n) is 4.78. The topological polar surface area (TPSA) is 86.4 Å². The largest absolute Gasteiger partial charge is 0.336 e. The summed E-state index contributed by atoms with van der Waals surface area (Å²) >= 11 is 0. The molecule has 7 nitrogen and oxygen atoms in total. The van der Waals surface area contributed by atoms with E-state index in [1.165, 1.54) is 0 Å². The van der Waals surface area contributed by atoms with Crippen molar-refractivity contribution in [3.8, 4) is 0 Å². The molecule has 1 aromatic rings. The highest BCUT2D eigenvalue weighted by Gasteiger charge is 2.53. The van der Waals surface area contributed by atoms with Crippen molar-refractivity contribution in [1.82, 2.24) is 19.4 Å². The van der Waals surface area contributed by atoms with E-state index in [1.807, 2.05) is 0 Å². The van der Waals surface area contributed by atoms with Crippen LogP contribution in [0.1, 0.15) is 29.8 Å². The minimum Gasteiger partial charge on any atom is -0.336 e. The van der Waals surface area contributed by atoms with Crippen LogP contribution in [0.2, 0.25) is 0 Å². The molecule has 3 aliphatic rings. The van der Waals surface area contributed by atoms with E-state index in [2.05, 4.69) is 10.2 Å². The van der Waals surface area contributed by atoms with Gasteiger partial charge in [-0.25, -0.2) is 12.7 Å². The molecule has 1 aliphatic carbocycles. The van der Waals surface area contributed by atoms with Gasteiger partial charge in [0.05, 0.1) is 5.25 Å². The highest BCUT2D eigenvalue weighted by molar-refractivity contribution is 7.90. The van der Waals surface area contributed by atoms with Crippen molar-refractivity contribution in [3.05, 3.63) is 18.0 Å². The van der Waals surface area contributed by atoms with Crippen LogP contribution < -0.4 is 0 Å². The average molecular weight is 310 g/mol. The molecule has 0 unspecified atom stereocenters. The van der Waals surface area contributed by atoms with Gasteiger partial charge in [0.15, 0.2) is 0 Å². The maximum absolute atomic E-state index is 12.3. The summed E-state index contributed by atoms with van der Waals surface area (Å²) in [6.07, 6.45) is 4.01. The van der Waals surface area contributed by atoms with Gasteiger partial charge in [-0.05, 0) is 25.3 Å². The van der Waals surface area contributed by atoms with Crippen LogP contribution in [0.3, 0.4) is 0 Å². The van der Waals surface area contributed by atoms with Gasteiger partial charge in [0, 0.05) is 37.8 Å². The maximum atomic E-state index is 12.3. The molecule has 8 heteroatoms. The zero-order valence-corrected chi connectivity index (χ0v) is 12.5. The zero-order chi connectivity index (χ0) is 14.7. The Morgan fingerprint density at radius 3 is 2.71 bits per heavy atom. The van der Waals surface area contributed by atoms with Gasteiger partial charge in [-0.3, -0.25) is 9.89 Å². The van der Waals surface area contributed by atoms with E-state index >= 15 is 0 Å². The summed E-state index contributed by atoms with van der Waals surface area (Å²) in [5.74, 6) is -0.0541. The SMILES string of the molecule is O=C(c1ccn[nH]1)N1CC2(CCN(S(=O)(=O)C3CC3)C2)C1. The van der Waals surface area contributed by atoms with Crippen molar-refractivity contribution < 1.29 is 13.2 Å². The molecule has 0 bridgehead atoms. The van der Waals surface area contributed by atoms with E-state index < -0.39 is 10.0 Å². The fraction of sp³-hybridized carbons (Fsp3) is 0.692. The smallest absolute Gasteiger partial charge is 0.271 e. The van der Waals surface area contributed by atoms with E-state index in [1.54, 1.807) is 21.5 Å². The number of carbonyl (C=O) groups excluding carboxylic acids is 1. The van der Waals surface area contributed by atoms with Gasteiger partial charge in [0.2, 0.25) is 10.0 Å². The minimum atomic E-state index is -3.08. The molecule has 3 heterocycles. The summed E-state index contributed by atoms with van der Waals surface area (Å²) in [6, 6.07) is 1.66. The van der Waals surface area contributed by atoms with Crippen molar-refractivity contribution in [3.63, 3.8) is 0 Å². The molecule has 0 aromatic carbocycles. The Bertz CT molecular complexity index is 660. The van der Waals surface area contributed by atoms with Gasteiger partial charge in [-0.2, -0.15) is 5.10 Å². The van der Waals surface area contributed by atoms with Crippen molar-refractivity contribution >= 4 is 15.9 Å². The Morgan fingerprint density at radius 1 is 1.33 bits per heavy atom. The van der Waals surface area contributed by atoms with Gasteiger partial charge in [0.25, 0.3) is 5.91 Å². The lowest BCUT2D eigenvalue weighted by atomic mass is 9.79. The summed E-state index contributed by atoms with van der Waals surface area (Å²) in [4.78, 5) is 13.9. The molecule has 2 aliphatic heterocycles. The minimum absolute atomic E-state index is 0.0301. The number of hydrogen-bond donors (Lipinski definition) is 1. The summed E-state index contributed by atoms with van der Waals surface area (Å²) in [5, 5.41) is 6.31. The number of nitrogens with zero attached hydrogens (tertiary/aromatic N) is 3. The second-order valence-electron chi connectivity index (χ2n) is 6.46. The second kappa shape index (κ2) is 4.30. The molecule has 1 saturated carbocycles. The van der Waals surface area contributed by atoms with Gasteiger partial charge in [0.1, 0.15) is 5.69 Å². The molecule has 0 atom stereocenters. The quantitative estimate of drug-likeness (QED) is 0.854. The molecule has 4 rings (SSSR count). The number of carbonyl (C=O) groups is 1. The van der Waals surface area contributed by atoms with Gasteiger partial charge in [-0.15, -0.1) is 0 Å². The van der Waals surface area contributed by atoms with Crippen LogP contribution in [0.25, 0.3) is 0 Å². The number of nitrogens with one attached hydrogen (secondary N) is 1. The van der Waals surface area contributed by atoms with E-state index in [0.717, 1.165) is 19.3 Å². The maximum Gasteiger partial charge on any atom is 0.271 e. The number of amides is 1. The molecular formula is C13H18N4O3S. The first-order valence-electron chi connectivity index (χ1n) is 7.28. The van der Waals surface area contributed by atoms with Crippen LogP contribution in [0.4, 0.5) is 0 Å². The molecule has 21 heavy (non-hydrogen) atoms. The number of rotatable bonds is 3. The van der Waals surface area contributed by atoms with Crippen LogP contribution in [0, 0.1) is 5.41 Å². The monoisotopic (exact) mass is 310 g/mol. The predicted octanol–water partition coefficient (Wildman–Crippen LogP) is 0.0498. The summed E-state index contributed by atoms with van der Waals surface area (Å²) in [7, 11) is -3.08.